The van der Waals surface area contributed by atoms with Crippen LogP contribution >= 0.6 is 0 Å². The van der Waals surface area contributed by atoms with Crippen molar-refractivity contribution in [3.05, 3.63) is 0 Å². The van der Waals surface area contributed by atoms with Crippen LogP contribution in [0.1, 0.15) is 46.5 Å². The van der Waals surface area contributed by atoms with Crippen molar-refractivity contribution in [1.82, 2.24) is 0 Å². The Morgan fingerprint density at radius 1 is 1.33 bits per heavy atom. The van der Waals surface area contributed by atoms with Crippen molar-refractivity contribution in [3.8, 4) is 0 Å². The molecule has 1 aliphatic rings. The summed E-state index contributed by atoms with van der Waals surface area (Å²) in [6.45, 7) is 6.58. The Morgan fingerprint density at radius 2 is 1.83 bits per heavy atom. The van der Waals surface area contributed by atoms with E-state index in [1.165, 1.54) is 25.7 Å². The van der Waals surface area contributed by atoms with E-state index in [1.54, 1.807) is 0 Å². The van der Waals surface area contributed by atoms with E-state index in [1.807, 2.05) is 20.8 Å². The summed E-state index contributed by atoms with van der Waals surface area (Å²) < 4.78 is 5.11. The zero-order valence-electron chi connectivity index (χ0n) is 8.52. The van der Waals surface area contributed by atoms with Crippen LogP contribution < -0.4 is 0 Å². The lowest BCUT2D eigenvalue weighted by Gasteiger charge is -2.09. The Balaban J connectivity index is 0.000000561. The summed E-state index contributed by atoms with van der Waals surface area (Å²) in [5.74, 6) is 0.958. The van der Waals surface area contributed by atoms with E-state index in [2.05, 4.69) is 0 Å². The van der Waals surface area contributed by atoms with Gasteiger partial charge in [-0.05, 0) is 19.8 Å². The van der Waals surface area contributed by atoms with E-state index in [0.717, 1.165) is 0 Å². The molecule has 1 fully saturated rings. The number of hydrogen-bond donors (Lipinski definition) is 1. The molecule has 0 aromatic carbocycles. The van der Waals surface area contributed by atoms with Crippen LogP contribution in [0.2, 0.25) is 0 Å². The van der Waals surface area contributed by atoms with Crippen molar-refractivity contribution in [1.29, 1.82) is 5.41 Å². The average Bonchev–Trinajstić information content (AvgIpc) is 2.60. The molecule has 0 radical (unpaired) electrons. The number of rotatable bonds is 2. The van der Waals surface area contributed by atoms with Crippen LogP contribution in [-0.4, -0.2) is 12.5 Å². The molecule has 1 N–H and O–H groups in total. The zero-order chi connectivity index (χ0) is 9.40. The molecule has 2 heteroatoms. The van der Waals surface area contributed by atoms with Crippen molar-refractivity contribution in [2.45, 2.75) is 46.5 Å². The summed E-state index contributed by atoms with van der Waals surface area (Å²) >= 11 is 0. The third-order valence-electron chi connectivity index (χ3n) is 2.03. The average molecular weight is 171 g/mol. The van der Waals surface area contributed by atoms with Crippen molar-refractivity contribution >= 4 is 5.90 Å². The molecule has 1 aliphatic carbocycles. The van der Waals surface area contributed by atoms with E-state index < -0.39 is 0 Å². The Kier molecular flexibility index (Phi) is 6.82. The van der Waals surface area contributed by atoms with Gasteiger partial charge in [-0.25, -0.2) is 0 Å². The van der Waals surface area contributed by atoms with Gasteiger partial charge < -0.3 is 4.74 Å². The topological polar surface area (TPSA) is 33.1 Å². The van der Waals surface area contributed by atoms with E-state index >= 15 is 0 Å². The number of hydrogen-bond acceptors (Lipinski definition) is 2. The van der Waals surface area contributed by atoms with E-state index in [-0.39, 0.29) is 0 Å². The van der Waals surface area contributed by atoms with E-state index in [4.69, 9.17) is 10.1 Å². The molecule has 0 aromatic heterocycles. The lowest BCUT2D eigenvalue weighted by Crippen LogP contribution is -2.13. The van der Waals surface area contributed by atoms with Gasteiger partial charge in [-0.2, -0.15) is 0 Å². The van der Waals surface area contributed by atoms with Gasteiger partial charge in [0.15, 0.2) is 5.90 Å². The van der Waals surface area contributed by atoms with Crippen LogP contribution in [0.5, 0.6) is 0 Å². The highest BCUT2D eigenvalue weighted by molar-refractivity contribution is 5.75. The van der Waals surface area contributed by atoms with Crippen LogP contribution in [-0.2, 0) is 4.74 Å². The fourth-order valence-corrected chi connectivity index (χ4v) is 1.46. The van der Waals surface area contributed by atoms with Crippen molar-refractivity contribution < 1.29 is 4.74 Å². The Labute approximate surface area is 75.8 Å². The molecule has 12 heavy (non-hydrogen) atoms. The second kappa shape index (κ2) is 7.14. The van der Waals surface area contributed by atoms with Crippen LogP contribution in [0.4, 0.5) is 0 Å². The molecule has 0 aliphatic heterocycles. The molecule has 2 nitrogen and oxygen atoms in total. The van der Waals surface area contributed by atoms with Gasteiger partial charge in [-0.1, -0.05) is 26.7 Å². The Hall–Kier alpha value is -0.530. The first-order valence-corrected chi connectivity index (χ1v) is 5.06. The minimum Gasteiger partial charge on any atom is -0.481 e. The summed E-state index contributed by atoms with van der Waals surface area (Å²) in [6.07, 6.45) is 4.89. The summed E-state index contributed by atoms with van der Waals surface area (Å²) in [4.78, 5) is 0. The second-order valence-corrected chi connectivity index (χ2v) is 2.78. The Bertz CT molecular complexity index is 117. The van der Waals surface area contributed by atoms with Gasteiger partial charge in [0, 0.05) is 5.92 Å². The van der Waals surface area contributed by atoms with Crippen molar-refractivity contribution in [2.75, 3.05) is 6.61 Å². The second-order valence-electron chi connectivity index (χ2n) is 2.78. The van der Waals surface area contributed by atoms with Gasteiger partial charge in [-0.3, -0.25) is 5.41 Å². The zero-order valence-corrected chi connectivity index (χ0v) is 8.52. The minimum absolute atomic E-state index is 0.444. The van der Waals surface area contributed by atoms with Gasteiger partial charge in [-0.15, -0.1) is 0 Å². The highest BCUT2D eigenvalue weighted by Gasteiger charge is 2.20. The third-order valence-corrected chi connectivity index (χ3v) is 2.03. The minimum atomic E-state index is 0.444. The normalized spacial score (nSPS) is 16.6. The standard InChI is InChI=1S/C8H15NO.C2H6/c1-2-10-8(9)7-5-3-4-6-7;1-2/h7,9H,2-6H2,1H3;1-2H3. The van der Waals surface area contributed by atoms with Gasteiger partial charge in [0.05, 0.1) is 6.61 Å². The smallest absolute Gasteiger partial charge is 0.183 e. The monoisotopic (exact) mass is 171 g/mol. The molecule has 1 rings (SSSR count). The molecular formula is C10H21NO. The largest absolute Gasteiger partial charge is 0.481 e. The molecule has 0 heterocycles. The van der Waals surface area contributed by atoms with Crippen molar-refractivity contribution in [2.24, 2.45) is 5.92 Å². The first-order chi connectivity index (χ1) is 5.84. The molecule has 0 atom stereocenters. The van der Waals surface area contributed by atoms with Crippen molar-refractivity contribution in [3.63, 3.8) is 0 Å². The summed E-state index contributed by atoms with van der Waals surface area (Å²) in [6, 6.07) is 0. The maximum Gasteiger partial charge on any atom is 0.183 e. The maximum absolute atomic E-state index is 7.46. The molecule has 0 unspecified atom stereocenters. The lowest BCUT2D eigenvalue weighted by atomic mass is 10.1. The SMILES string of the molecule is CC.CCOC(=N)C1CCCC1. The summed E-state index contributed by atoms with van der Waals surface area (Å²) in [5.41, 5.74) is 0. The van der Waals surface area contributed by atoms with Gasteiger partial charge in [0.25, 0.3) is 0 Å². The van der Waals surface area contributed by atoms with Crippen LogP contribution in [0.3, 0.4) is 0 Å². The quantitative estimate of drug-likeness (QED) is 0.502. The lowest BCUT2D eigenvalue weighted by molar-refractivity contribution is 0.296. The first-order valence-electron chi connectivity index (χ1n) is 5.06. The summed E-state index contributed by atoms with van der Waals surface area (Å²) in [7, 11) is 0. The Morgan fingerprint density at radius 3 is 2.25 bits per heavy atom. The fourth-order valence-electron chi connectivity index (χ4n) is 1.46. The summed E-state index contributed by atoms with van der Waals surface area (Å²) in [5, 5.41) is 7.46. The molecule has 0 saturated heterocycles. The van der Waals surface area contributed by atoms with Gasteiger partial charge >= 0.3 is 0 Å². The highest BCUT2D eigenvalue weighted by atomic mass is 16.5. The van der Waals surface area contributed by atoms with Gasteiger partial charge in [0.1, 0.15) is 0 Å². The molecule has 0 bridgehead atoms. The maximum atomic E-state index is 7.46. The van der Waals surface area contributed by atoms with Crippen LogP contribution in [0.15, 0.2) is 0 Å². The third kappa shape index (κ3) is 3.74. The van der Waals surface area contributed by atoms with E-state index in [9.17, 15) is 0 Å². The predicted molar refractivity (Wildman–Crippen MR) is 52.7 cm³/mol. The highest BCUT2D eigenvalue weighted by Crippen LogP contribution is 2.25. The van der Waals surface area contributed by atoms with Gasteiger partial charge in [0.2, 0.25) is 0 Å². The fraction of sp³-hybridized carbons (Fsp3) is 0.900. The van der Waals surface area contributed by atoms with Crippen LogP contribution in [0, 0.1) is 11.3 Å². The number of nitrogens with one attached hydrogen (secondary N) is 1. The molecule has 0 spiro atoms. The molecule has 0 amide bonds. The molecule has 0 aromatic rings. The molecule has 72 valence electrons. The van der Waals surface area contributed by atoms with E-state index in [0.29, 0.717) is 18.4 Å². The molecule has 1 saturated carbocycles. The van der Waals surface area contributed by atoms with Crippen LogP contribution in [0.25, 0.3) is 0 Å². The molecular weight excluding hydrogens is 150 g/mol. The first kappa shape index (κ1) is 11.5. The number of ether oxygens (including phenoxy) is 1. The predicted octanol–water partition coefficient (Wildman–Crippen LogP) is 3.22.